The van der Waals surface area contributed by atoms with Crippen LogP contribution in [0.3, 0.4) is 0 Å². The summed E-state index contributed by atoms with van der Waals surface area (Å²) in [6.45, 7) is 0. The van der Waals surface area contributed by atoms with Crippen molar-refractivity contribution in [3.8, 4) is 0 Å². The number of rotatable bonds is 4. The Bertz CT molecular complexity index is 1060. The van der Waals surface area contributed by atoms with Gasteiger partial charge in [0.1, 0.15) is 0 Å². The van der Waals surface area contributed by atoms with Crippen LogP contribution in [-0.4, -0.2) is 25.6 Å². The van der Waals surface area contributed by atoms with Gasteiger partial charge < -0.3 is 10.2 Å². The lowest BCUT2D eigenvalue weighted by Gasteiger charge is -2.19. The van der Waals surface area contributed by atoms with E-state index in [0.29, 0.717) is 11.3 Å². The van der Waals surface area contributed by atoms with Gasteiger partial charge >= 0.3 is 0 Å². The lowest BCUT2D eigenvalue weighted by Crippen LogP contribution is -2.21. The van der Waals surface area contributed by atoms with E-state index in [9.17, 15) is 4.79 Å². The van der Waals surface area contributed by atoms with Gasteiger partial charge in [-0.25, -0.2) is 4.99 Å². The Balaban J connectivity index is 1.75. The molecule has 0 saturated carbocycles. The van der Waals surface area contributed by atoms with Gasteiger partial charge in [0.05, 0.1) is 17.1 Å². The number of Topliss-reactive ketones (excluding diaryl/α,β-unsaturated/α-hetero) is 1. The maximum Gasteiger partial charge on any atom is 0.209 e. The summed E-state index contributed by atoms with van der Waals surface area (Å²) < 4.78 is 0. The molecule has 28 heavy (non-hydrogen) atoms. The molecule has 0 heterocycles. The van der Waals surface area contributed by atoms with Crippen LogP contribution in [0, 0.1) is 0 Å². The molecule has 0 unspecified atom stereocenters. The Morgan fingerprint density at radius 2 is 1.43 bits per heavy atom. The third-order valence-corrected chi connectivity index (χ3v) is 4.64. The van der Waals surface area contributed by atoms with Gasteiger partial charge in [0, 0.05) is 36.6 Å². The van der Waals surface area contributed by atoms with Gasteiger partial charge in [-0.2, -0.15) is 0 Å². The predicted octanol–water partition coefficient (Wildman–Crippen LogP) is 5.07. The second-order valence-electron chi connectivity index (χ2n) is 6.83. The second kappa shape index (κ2) is 7.53. The number of para-hydroxylation sites is 1. The van der Waals surface area contributed by atoms with Crippen molar-refractivity contribution in [3.63, 3.8) is 0 Å². The van der Waals surface area contributed by atoms with Crippen molar-refractivity contribution in [2.75, 3.05) is 24.3 Å². The van der Waals surface area contributed by atoms with Crippen LogP contribution in [0.1, 0.15) is 15.9 Å². The predicted molar refractivity (Wildman–Crippen MR) is 116 cm³/mol. The molecule has 1 aliphatic carbocycles. The molecule has 138 valence electrons. The van der Waals surface area contributed by atoms with Crippen LogP contribution in [0.4, 0.5) is 17.1 Å². The summed E-state index contributed by atoms with van der Waals surface area (Å²) >= 11 is 0. The number of nitrogens with zero attached hydrogens (tertiary/aromatic N) is 2. The Labute approximate surface area is 164 Å². The van der Waals surface area contributed by atoms with Gasteiger partial charge in [-0.1, -0.05) is 42.5 Å². The minimum absolute atomic E-state index is 0.0265. The third kappa shape index (κ3) is 3.58. The average Bonchev–Trinajstić information content (AvgIpc) is 2.72. The summed E-state index contributed by atoms with van der Waals surface area (Å²) in [7, 11) is 4.02. The molecule has 4 nitrogen and oxygen atoms in total. The monoisotopic (exact) mass is 367 g/mol. The molecule has 0 amide bonds. The smallest absolute Gasteiger partial charge is 0.209 e. The van der Waals surface area contributed by atoms with Gasteiger partial charge in [0.25, 0.3) is 0 Å². The number of hydrogen-bond acceptors (Lipinski definition) is 4. The normalized spacial score (nSPS) is 14.4. The first kappa shape index (κ1) is 17.7. The number of carbonyl (C=O) groups excluding carboxylic acids is 1. The summed E-state index contributed by atoms with van der Waals surface area (Å²) in [6.07, 6.45) is 1.83. The molecule has 0 atom stereocenters. The number of ketones is 1. The first-order valence-corrected chi connectivity index (χ1v) is 9.16. The van der Waals surface area contributed by atoms with Gasteiger partial charge in [0.15, 0.2) is 0 Å². The van der Waals surface area contributed by atoms with Crippen molar-refractivity contribution < 1.29 is 4.79 Å². The van der Waals surface area contributed by atoms with Crippen molar-refractivity contribution in [1.82, 2.24) is 0 Å². The molecule has 0 spiro atoms. The number of benzene rings is 3. The summed E-state index contributed by atoms with van der Waals surface area (Å²) in [5.74, 6) is -0.0265. The Hall–Kier alpha value is -3.66. The van der Waals surface area contributed by atoms with E-state index in [0.717, 1.165) is 28.3 Å². The zero-order chi connectivity index (χ0) is 19.5. The van der Waals surface area contributed by atoms with E-state index in [4.69, 9.17) is 4.99 Å². The van der Waals surface area contributed by atoms with Crippen LogP contribution in [0.25, 0.3) is 0 Å². The molecule has 0 radical (unpaired) electrons. The zero-order valence-corrected chi connectivity index (χ0v) is 15.9. The van der Waals surface area contributed by atoms with E-state index in [1.54, 1.807) is 0 Å². The molecule has 3 aromatic rings. The fourth-order valence-corrected chi connectivity index (χ4v) is 3.16. The molecular formula is C24H21N3O. The van der Waals surface area contributed by atoms with E-state index >= 15 is 0 Å². The van der Waals surface area contributed by atoms with Gasteiger partial charge in [0.2, 0.25) is 5.78 Å². The first-order valence-electron chi connectivity index (χ1n) is 9.16. The first-order chi connectivity index (χ1) is 13.6. The van der Waals surface area contributed by atoms with Crippen LogP contribution in [0.15, 0.2) is 95.6 Å². The highest BCUT2D eigenvalue weighted by Gasteiger charge is 2.24. The summed E-state index contributed by atoms with van der Waals surface area (Å²) in [4.78, 5) is 19.8. The van der Waals surface area contributed by atoms with Crippen LogP contribution in [0.5, 0.6) is 0 Å². The number of anilines is 2. The molecule has 0 aromatic heterocycles. The minimum Gasteiger partial charge on any atom is -0.378 e. The molecule has 0 aliphatic heterocycles. The van der Waals surface area contributed by atoms with E-state index in [2.05, 4.69) is 5.32 Å². The van der Waals surface area contributed by atoms with E-state index < -0.39 is 0 Å². The van der Waals surface area contributed by atoms with Crippen LogP contribution < -0.4 is 10.2 Å². The Morgan fingerprint density at radius 1 is 0.786 bits per heavy atom. The molecule has 0 bridgehead atoms. The van der Waals surface area contributed by atoms with E-state index in [-0.39, 0.29) is 5.78 Å². The number of allylic oxidation sites excluding steroid dienone is 2. The number of nitrogens with one attached hydrogen (secondary N) is 1. The topological polar surface area (TPSA) is 44.7 Å². The summed E-state index contributed by atoms with van der Waals surface area (Å²) in [5, 5.41) is 3.24. The number of fused-ring (bicyclic) bond motifs is 1. The van der Waals surface area contributed by atoms with Crippen LogP contribution in [-0.2, 0) is 0 Å². The highest BCUT2D eigenvalue weighted by molar-refractivity contribution is 6.27. The maximum absolute atomic E-state index is 12.9. The maximum atomic E-state index is 12.9. The van der Waals surface area contributed by atoms with Crippen LogP contribution in [0.2, 0.25) is 0 Å². The molecular weight excluding hydrogens is 346 g/mol. The largest absolute Gasteiger partial charge is 0.378 e. The van der Waals surface area contributed by atoms with Crippen molar-refractivity contribution in [3.05, 3.63) is 102 Å². The van der Waals surface area contributed by atoms with Crippen molar-refractivity contribution in [1.29, 1.82) is 0 Å². The van der Waals surface area contributed by atoms with E-state index in [1.807, 2.05) is 104 Å². The molecule has 4 heteroatoms. The van der Waals surface area contributed by atoms with Crippen molar-refractivity contribution >= 4 is 28.6 Å². The standard InChI is InChI=1S/C24H21N3O/c1-27(2)19-14-12-18(13-15-19)25-22-16-23(26-17-8-4-3-5-9-17)24(28)21-11-7-6-10-20(21)22/h3-16,26H,1-2H3. The SMILES string of the molecule is CN(C)c1ccc(N=C2C=C(Nc3ccccc3)C(=O)c3ccccc32)cc1. The highest BCUT2D eigenvalue weighted by atomic mass is 16.1. The van der Waals surface area contributed by atoms with Gasteiger partial charge in [-0.05, 0) is 42.5 Å². The Morgan fingerprint density at radius 3 is 2.11 bits per heavy atom. The molecule has 0 saturated heterocycles. The fraction of sp³-hybridized carbons (Fsp3) is 0.0833. The fourth-order valence-electron chi connectivity index (χ4n) is 3.16. The third-order valence-electron chi connectivity index (χ3n) is 4.64. The molecule has 1 N–H and O–H groups in total. The van der Waals surface area contributed by atoms with Crippen molar-refractivity contribution in [2.24, 2.45) is 4.99 Å². The summed E-state index contributed by atoms with van der Waals surface area (Å²) in [6, 6.07) is 25.3. The highest BCUT2D eigenvalue weighted by Crippen LogP contribution is 2.26. The number of carbonyl (C=O) groups is 1. The zero-order valence-electron chi connectivity index (χ0n) is 15.9. The average molecular weight is 367 g/mol. The van der Waals surface area contributed by atoms with Gasteiger partial charge in [-0.3, -0.25) is 4.79 Å². The Kier molecular flexibility index (Phi) is 4.77. The van der Waals surface area contributed by atoms with Crippen molar-refractivity contribution in [2.45, 2.75) is 0 Å². The second-order valence-corrected chi connectivity index (χ2v) is 6.83. The number of aliphatic imine (C=N–C) groups is 1. The molecule has 0 fully saturated rings. The van der Waals surface area contributed by atoms with E-state index in [1.165, 1.54) is 0 Å². The van der Waals surface area contributed by atoms with Crippen LogP contribution >= 0.6 is 0 Å². The van der Waals surface area contributed by atoms with Gasteiger partial charge in [-0.15, -0.1) is 0 Å². The molecule has 4 rings (SSSR count). The molecule has 1 aliphatic rings. The molecule has 3 aromatic carbocycles. The summed E-state index contributed by atoms with van der Waals surface area (Å²) in [5.41, 5.74) is 5.64. The minimum atomic E-state index is -0.0265. The lowest BCUT2D eigenvalue weighted by atomic mass is 9.92. The lowest BCUT2D eigenvalue weighted by molar-refractivity contribution is 0.103. The quantitative estimate of drug-likeness (QED) is 0.700. The number of hydrogen-bond donors (Lipinski definition) is 1.